The molecule has 1 aliphatic heterocycles. The number of hydrogen-bond acceptors (Lipinski definition) is 3. The van der Waals surface area contributed by atoms with Crippen molar-refractivity contribution in [3.63, 3.8) is 0 Å². The van der Waals surface area contributed by atoms with Crippen LogP contribution in [-0.4, -0.2) is 27.2 Å². The highest BCUT2D eigenvalue weighted by Crippen LogP contribution is 2.20. The summed E-state index contributed by atoms with van der Waals surface area (Å²) >= 11 is 0. The summed E-state index contributed by atoms with van der Waals surface area (Å²) in [5.41, 5.74) is 1.99. The number of nitrogens with zero attached hydrogens (tertiary/aromatic N) is 3. The molecule has 0 bridgehead atoms. The lowest BCUT2D eigenvalue weighted by molar-refractivity contribution is 0.0969. The molecule has 0 aliphatic carbocycles. The van der Waals surface area contributed by atoms with Crippen molar-refractivity contribution in [3.05, 3.63) is 24.2 Å². The van der Waals surface area contributed by atoms with Crippen molar-refractivity contribution in [2.24, 2.45) is 5.92 Å². The van der Waals surface area contributed by atoms with Gasteiger partial charge in [-0.2, -0.15) is 0 Å². The highest BCUT2D eigenvalue weighted by Gasteiger charge is 2.20. The van der Waals surface area contributed by atoms with E-state index in [-0.39, 0.29) is 0 Å². The van der Waals surface area contributed by atoms with Crippen LogP contribution >= 0.6 is 0 Å². The Hall–Kier alpha value is -1.42. The van der Waals surface area contributed by atoms with Gasteiger partial charge in [0, 0.05) is 19.2 Å². The smallest absolute Gasteiger partial charge is 0.160 e. The molecule has 1 saturated heterocycles. The normalized spacial score (nSPS) is 19.6. The Balaban J connectivity index is 1.97. The molecule has 3 heterocycles. The van der Waals surface area contributed by atoms with Crippen LogP contribution in [-0.2, 0) is 17.7 Å². The van der Waals surface area contributed by atoms with E-state index in [1.807, 2.05) is 18.3 Å². The van der Waals surface area contributed by atoms with Gasteiger partial charge in [-0.25, -0.2) is 9.97 Å². The topological polar surface area (TPSA) is 39.9 Å². The maximum Gasteiger partial charge on any atom is 0.160 e. The van der Waals surface area contributed by atoms with E-state index in [1.165, 1.54) is 6.42 Å². The summed E-state index contributed by atoms with van der Waals surface area (Å²) in [6, 6.07) is 3.99. The molecule has 1 aliphatic rings. The number of hydrogen-bond donors (Lipinski definition) is 0. The zero-order chi connectivity index (χ0) is 13.2. The van der Waals surface area contributed by atoms with Gasteiger partial charge in [0.15, 0.2) is 5.65 Å². The lowest BCUT2D eigenvalue weighted by Crippen LogP contribution is -2.18. The summed E-state index contributed by atoms with van der Waals surface area (Å²) in [4.78, 5) is 9.24. The van der Waals surface area contributed by atoms with Gasteiger partial charge in [-0.1, -0.05) is 13.8 Å². The van der Waals surface area contributed by atoms with Crippen molar-refractivity contribution >= 4 is 11.2 Å². The average Bonchev–Trinajstić information content (AvgIpc) is 2.99. The summed E-state index contributed by atoms with van der Waals surface area (Å²) in [6.45, 7) is 6.23. The molecule has 0 N–H and O–H groups in total. The Kier molecular flexibility index (Phi) is 3.51. The van der Waals surface area contributed by atoms with Gasteiger partial charge in [0.05, 0.1) is 12.6 Å². The fourth-order valence-corrected chi connectivity index (χ4v) is 2.71. The molecule has 0 spiro atoms. The van der Waals surface area contributed by atoms with Crippen LogP contribution in [0.5, 0.6) is 0 Å². The van der Waals surface area contributed by atoms with Gasteiger partial charge < -0.3 is 9.30 Å². The lowest BCUT2D eigenvalue weighted by Gasteiger charge is -2.14. The second-order valence-electron chi connectivity index (χ2n) is 5.72. The number of fused-ring (bicyclic) bond motifs is 1. The summed E-state index contributed by atoms with van der Waals surface area (Å²) in [6.07, 6.45) is 5.47. The Morgan fingerprint density at radius 2 is 2.37 bits per heavy atom. The molecular weight excluding hydrogens is 238 g/mol. The summed E-state index contributed by atoms with van der Waals surface area (Å²) < 4.78 is 8.01. The molecule has 0 radical (unpaired) electrons. The SMILES string of the molecule is CC(C)Cc1nc2cccnc2n1CC1CCCO1. The number of rotatable bonds is 4. The fourth-order valence-electron chi connectivity index (χ4n) is 2.71. The first-order chi connectivity index (χ1) is 9.24. The van der Waals surface area contributed by atoms with Gasteiger partial charge in [0.2, 0.25) is 0 Å². The van der Waals surface area contributed by atoms with Gasteiger partial charge in [0.1, 0.15) is 11.3 Å². The fraction of sp³-hybridized carbons (Fsp3) is 0.600. The van der Waals surface area contributed by atoms with Crippen molar-refractivity contribution in [2.75, 3.05) is 6.61 Å². The van der Waals surface area contributed by atoms with E-state index < -0.39 is 0 Å². The maximum atomic E-state index is 5.76. The molecule has 4 nitrogen and oxygen atoms in total. The number of ether oxygens (including phenoxy) is 1. The van der Waals surface area contributed by atoms with Gasteiger partial charge in [0.25, 0.3) is 0 Å². The van der Waals surface area contributed by atoms with Crippen molar-refractivity contribution in [3.8, 4) is 0 Å². The minimum absolute atomic E-state index is 0.324. The second-order valence-corrected chi connectivity index (χ2v) is 5.72. The summed E-state index contributed by atoms with van der Waals surface area (Å²) in [5, 5.41) is 0. The van der Waals surface area contributed by atoms with E-state index in [0.29, 0.717) is 12.0 Å². The van der Waals surface area contributed by atoms with Gasteiger partial charge in [-0.15, -0.1) is 0 Å². The standard InChI is InChI=1S/C15H21N3O/c1-11(2)9-14-17-13-6-3-7-16-15(13)18(14)10-12-5-4-8-19-12/h3,6-7,11-12H,4-5,8-10H2,1-2H3. The van der Waals surface area contributed by atoms with Crippen LogP contribution in [0.3, 0.4) is 0 Å². The molecule has 19 heavy (non-hydrogen) atoms. The molecule has 2 aromatic heterocycles. The highest BCUT2D eigenvalue weighted by atomic mass is 16.5. The van der Waals surface area contributed by atoms with Gasteiger partial charge in [-0.3, -0.25) is 0 Å². The molecule has 0 aromatic carbocycles. The predicted molar refractivity (Wildman–Crippen MR) is 75.0 cm³/mol. The van der Waals surface area contributed by atoms with Gasteiger partial charge in [-0.05, 0) is 30.9 Å². The van der Waals surface area contributed by atoms with E-state index in [2.05, 4.69) is 23.4 Å². The predicted octanol–water partition coefficient (Wildman–Crippen LogP) is 2.81. The molecule has 3 rings (SSSR count). The average molecular weight is 259 g/mol. The first-order valence-electron chi connectivity index (χ1n) is 7.16. The van der Waals surface area contributed by atoms with E-state index in [0.717, 1.165) is 43.0 Å². The minimum atomic E-state index is 0.324. The van der Waals surface area contributed by atoms with E-state index in [4.69, 9.17) is 9.72 Å². The largest absolute Gasteiger partial charge is 0.376 e. The van der Waals surface area contributed by atoms with E-state index in [9.17, 15) is 0 Å². The number of imidazole rings is 1. The van der Waals surface area contributed by atoms with E-state index >= 15 is 0 Å². The quantitative estimate of drug-likeness (QED) is 0.847. The van der Waals surface area contributed by atoms with Crippen LogP contribution in [0.2, 0.25) is 0 Å². The molecule has 1 atom stereocenters. The third-order valence-corrected chi connectivity index (χ3v) is 3.58. The van der Waals surface area contributed by atoms with Crippen molar-refractivity contribution in [1.29, 1.82) is 0 Å². The number of pyridine rings is 1. The van der Waals surface area contributed by atoms with Gasteiger partial charge >= 0.3 is 0 Å². The van der Waals surface area contributed by atoms with Crippen molar-refractivity contribution < 1.29 is 4.74 Å². The van der Waals surface area contributed by atoms with Crippen LogP contribution in [0.4, 0.5) is 0 Å². The lowest BCUT2D eigenvalue weighted by atomic mass is 10.1. The molecule has 4 heteroatoms. The molecule has 1 fully saturated rings. The first-order valence-corrected chi connectivity index (χ1v) is 7.16. The summed E-state index contributed by atoms with van der Waals surface area (Å²) in [5.74, 6) is 1.74. The maximum absolute atomic E-state index is 5.76. The Morgan fingerprint density at radius 1 is 1.47 bits per heavy atom. The third-order valence-electron chi connectivity index (χ3n) is 3.58. The van der Waals surface area contributed by atoms with Crippen LogP contribution in [0.1, 0.15) is 32.5 Å². The van der Waals surface area contributed by atoms with Crippen molar-refractivity contribution in [2.45, 2.75) is 45.8 Å². The minimum Gasteiger partial charge on any atom is -0.376 e. The molecule has 102 valence electrons. The van der Waals surface area contributed by atoms with Crippen molar-refractivity contribution in [1.82, 2.24) is 14.5 Å². The molecular formula is C15H21N3O. The zero-order valence-corrected chi connectivity index (χ0v) is 11.7. The summed E-state index contributed by atoms with van der Waals surface area (Å²) in [7, 11) is 0. The van der Waals surface area contributed by atoms with Crippen LogP contribution in [0.15, 0.2) is 18.3 Å². The van der Waals surface area contributed by atoms with Crippen LogP contribution < -0.4 is 0 Å². The molecule has 0 amide bonds. The van der Waals surface area contributed by atoms with Crippen LogP contribution in [0.25, 0.3) is 11.2 Å². The van der Waals surface area contributed by atoms with Crippen LogP contribution in [0, 0.1) is 5.92 Å². The molecule has 0 saturated carbocycles. The number of aromatic nitrogens is 3. The third kappa shape index (κ3) is 2.63. The molecule has 1 unspecified atom stereocenters. The zero-order valence-electron chi connectivity index (χ0n) is 11.7. The highest BCUT2D eigenvalue weighted by molar-refractivity contribution is 5.71. The second kappa shape index (κ2) is 5.29. The van der Waals surface area contributed by atoms with E-state index in [1.54, 1.807) is 0 Å². The Labute approximate surface area is 113 Å². The first kappa shape index (κ1) is 12.6. The molecule has 2 aromatic rings. The Morgan fingerprint density at radius 3 is 3.11 bits per heavy atom. The Bertz CT molecular complexity index is 556. The monoisotopic (exact) mass is 259 g/mol.